The Labute approximate surface area is 54.3 Å². The van der Waals surface area contributed by atoms with Gasteiger partial charge in [-0.2, -0.15) is 0 Å². The van der Waals surface area contributed by atoms with E-state index in [1.165, 1.54) is 0 Å². The second-order valence-corrected chi connectivity index (χ2v) is 0.808. The van der Waals surface area contributed by atoms with Crippen LogP contribution in [0.2, 0.25) is 0 Å². The number of aliphatic hydroxyl groups excluding tert-OH is 1. The van der Waals surface area contributed by atoms with Gasteiger partial charge in [-0.3, -0.25) is 0 Å². The monoisotopic (exact) mass is 130 g/mol. The van der Waals surface area contributed by atoms with Crippen LogP contribution < -0.4 is 0 Å². The van der Waals surface area contributed by atoms with Gasteiger partial charge in [0.1, 0.15) is 0 Å². The average Bonchev–Trinajstić information content (AvgIpc) is 1.93. The topological polar surface area (TPSA) is 46.5 Å². The molecule has 1 N–H and O–H groups in total. The van der Waals surface area contributed by atoms with Crippen LogP contribution in [0.25, 0.3) is 0 Å². The summed E-state index contributed by atoms with van der Waals surface area (Å²) in [5.41, 5.74) is 0. The molecule has 0 aromatic rings. The molecule has 3 heteroatoms. The third-order valence-corrected chi connectivity index (χ3v) is 0.366. The summed E-state index contributed by atoms with van der Waals surface area (Å²) in [4.78, 5) is 10.0. The van der Waals surface area contributed by atoms with E-state index in [4.69, 9.17) is 5.11 Å². The van der Waals surface area contributed by atoms with Crippen molar-refractivity contribution in [2.45, 2.75) is 0 Å². The molecule has 0 amide bonds. The Morgan fingerprint density at radius 1 is 1.56 bits per heavy atom. The largest absolute Gasteiger partial charge is 0.432 e. The highest BCUT2D eigenvalue weighted by Gasteiger charge is 1.84. The van der Waals surface area contributed by atoms with E-state index in [9.17, 15) is 4.79 Å². The van der Waals surface area contributed by atoms with Crippen LogP contribution in [-0.2, 0) is 9.53 Å². The SMILES string of the molecule is C=COC(=O)C=C.CO. The van der Waals surface area contributed by atoms with Gasteiger partial charge in [0, 0.05) is 13.2 Å². The fourth-order valence-corrected chi connectivity index (χ4v) is 0.130. The molecule has 0 atom stereocenters. The second kappa shape index (κ2) is 10.0. The molecule has 0 saturated carbocycles. The first-order chi connectivity index (χ1) is 4.31. The van der Waals surface area contributed by atoms with Crippen molar-refractivity contribution in [3.8, 4) is 0 Å². The second-order valence-electron chi connectivity index (χ2n) is 0.808. The summed E-state index contributed by atoms with van der Waals surface area (Å²) < 4.78 is 4.20. The Morgan fingerprint density at radius 2 is 2.00 bits per heavy atom. The minimum atomic E-state index is -0.477. The maximum atomic E-state index is 10.0. The molecule has 0 heterocycles. The van der Waals surface area contributed by atoms with Crippen molar-refractivity contribution in [3.05, 3.63) is 25.5 Å². The summed E-state index contributed by atoms with van der Waals surface area (Å²) in [6.07, 6.45) is 2.13. The number of carbonyl (C=O) groups is 1. The first-order valence-electron chi connectivity index (χ1n) is 2.20. The summed E-state index contributed by atoms with van der Waals surface area (Å²) in [5, 5.41) is 7.00. The van der Waals surface area contributed by atoms with Crippen LogP contribution in [0.3, 0.4) is 0 Å². The highest BCUT2D eigenvalue weighted by molar-refractivity contribution is 5.81. The highest BCUT2D eigenvalue weighted by Crippen LogP contribution is 1.75. The summed E-state index contributed by atoms with van der Waals surface area (Å²) >= 11 is 0. The van der Waals surface area contributed by atoms with Crippen molar-refractivity contribution >= 4 is 5.97 Å². The van der Waals surface area contributed by atoms with Gasteiger partial charge in [0.25, 0.3) is 0 Å². The first kappa shape index (κ1) is 10.8. The number of aliphatic hydroxyl groups is 1. The molecule has 0 rings (SSSR count). The molecule has 0 aliphatic heterocycles. The van der Waals surface area contributed by atoms with Crippen LogP contribution in [-0.4, -0.2) is 18.2 Å². The normalized spacial score (nSPS) is 6.00. The molecule has 0 saturated heterocycles. The van der Waals surface area contributed by atoms with Gasteiger partial charge in [0.2, 0.25) is 0 Å². The summed E-state index contributed by atoms with van der Waals surface area (Å²) in [5.74, 6) is -0.477. The first-order valence-corrected chi connectivity index (χ1v) is 2.20. The molecule has 0 aliphatic carbocycles. The Hall–Kier alpha value is -1.09. The lowest BCUT2D eigenvalue weighted by Gasteiger charge is -1.85. The minimum Gasteiger partial charge on any atom is -0.432 e. The molecule has 3 nitrogen and oxygen atoms in total. The van der Waals surface area contributed by atoms with E-state index in [0.29, 0.717) is 0 Å². The van der Waals surface area contributed by atoms with E-state index in [0.717, 1.165) is 19.4 Å². The summed E-state index contributed by atoms with van der Waals surface area (Å²) in [6.45, 7) is 6.31. The predicted octanol–water partition coefficient (Wildman–Crippen LogP) is 0.468. The van der Waals surface area contributed by atoms with Gasteiger partial charge in [0.15, 0.2) is 0 Å². The summed E-state index contributed by atoms with van der Waals surface area (Å²) in [7, 11) is 1.00. The quantitative estimate of drug-likeness (QED) is 0.335. The molecule has 0 fully saturated rings. The third kappa shape index (κ3) is 10.9. The highest BCUT2D eigenvalue weighted by atomic mass is 16.5. The smallest absolute Gasteiger partial charge is 0.334 e. The van der Waals surface area contributed by atoms with E-state index in [1.807, 2.05) is 0 Å². The zero-order valence-corrected chi connectivity index (χ0v) is 5.33. The number of rotatable bonds is 2. The van der Waals surface area contributed by atoms with Crippen LogP contribution >= 0.6 is 0 Å². The number of carbonyl (C=O) groups excluding carboxylic acids is 1. The van der Waals surface area contributed by atoms with E-state index < -0.39 is 5.97 Å². The zero-order chi connectivity index (χ0) is 7.70. The maximum absolute atomic E-state index is 10.0. The zero-order valence-electron chi connectivity index (χ0n) is 5.33. The Morgan fingerprint density at radius 3 is 2.11 bits per heavy atom. The van der Waals surface area contributed by atoms with Crippen molar-refractivity contribution in [1.82, 2.24) is 0 Å². The van der Waals surface area contributed by atoms with E-state index in [2.05, 4.69) is 17.9 Å². The van der Waals surface area contributed by atoms with Gasteiger partial charge in [-0.15, -0.1) is 0 Å². The molecular weight excluding hydrogens is 120 g/mol. The lowest BCUT2D eigenvalue weighted by Crippen LogP contribution is -1.90. The molecule has 9 heavy (non-hydrogen) atoms. The molecule has 0 aromatic carbocycles. The van der Waals surface area contributed by atoms with E-state index in [1.54, 1.807) is 0 Å². The average molecular weight is 130 g/mol. The Balaban J connectivity index is 0. The fraction of sp³-hybridized carbons (Fsp3) is 0.167. The van der Waals surface area contributed by atoms with Gasteiger partial charge in [-0.1, -0.05) is 13.2 Å². The lowest BCUT2D eigenvalue weighted by atomic mass is 10.7. The van der Waals surface area contributed by atoms with Gasteiger partial charge < -0.3 is 9.84 Å². The number of ether oxygens (including phenoxy) is 1. The van der Waals surface area contributed by atoms with Gasteiger partial charge in [0.05, 0.1) is 6.26 Å². The van der Waals surface area contributed by atoms with Crippen LogP contribution in [0.5, 0.6) is 0 Å². The van der Waals surface area contributed by atoms with Gasteiger partial charge >= 0.3 is 5.97 Å². The molecule has 0 aliphatic rings. The lowest BCUT2D eigenvalue weighted by molar-refractivity contribution is -0.132. The Kier molecular flexibility index (Phi) is 12.0. The van der Waals surface area contributed by atoms with Crippen molar-refractivity contribution in [2.24, 2.45) is 0 Å². The number of hydrogen-bond donors (Lipinski definition) is 1. The van der Waals surface area contributed by atoms with Crippen molar-refractivity contribution in [2.75, 3.05) is 7.11 Å². The molecule has 0 bridgehead atoms. The molecule has 0 spiro atoms. The fourth-order valence-electron chi connectivity index (χ4n) is 0.130. The maximum Gasteiger partial charge on any atom is 0.334 e. The molecule has 0 radical (unpaired) electrons. The molecule has 0 unspecified atom stereocenters. The molecule has 0 aromatic heterocycles. The van der Waals surface area contributed by atoms with Gasteiger partial charge in [-0.05, 0) is 0 Å². The van der Waals surface area contributed by atoms with Crippen molar-refractivity contribution in [3.63, 3.8) is 0 Å². The van der Waals surface area contributed by atoms with Crippen LogP contribution in [0.15, 0.2) is 25.5 Å². The predicted molar refractivity (Wildman–Crippen MR) is 34.6 cm³/mol. The minimum absolute atomic E-state index is 0.477. The van der Waals surface area contributed by atoms with E-state index in [-0.39, 0.29) is 0 Å². The number of esters is 1. The van der Waals surface area contributed by atoms with Crippen LogP contribution in [0, 0.1) is 0 Å². The molecule has 52 valence electrons. The van der Waals surface area contributed by atoms with Crippen molar-refractivity contribution in [1.29, 1.82) is 0 Å². The molecular formula is C6H10O3. The number of hydrogen-bond acceptors (Lipinski definition) is 3. The standard InChI is InChI=1S/C5H6O2.CH4O/c1-3-5(6)7-4-2;1-2/h3-4H,1-2H2;2H,1H3. The Bertz CT molecular complexity index is 96.5. The van der Waals surface area contributed by atoms with Crippen molar-refractivity contribution < 1.29 is 14.6 Å². The van der Waals surface area contributed by atoms with Crippen LogP contribution in [0.1, 0.15) is 0 Å². The van der Waals surface area contributed by atoms with E-state index >= 15 is 0 Å². The summed E-state index contributed by atoms with van der Waals surface area (Å²) in [6, 6.07) is 0. The van der Waals surface area contributed by atoms with Crippen LogP contribution in [0.4, 0.5) is 0 Å². The third-order valence-electron chi connectivity index (χ3n) is 0.366. The van der Waals surface area contributed by atoms with Gasteiger partial charge in [-0.25, -0.2) is 4.79 Å².